The smallest absolute Gasteiger partial charge is 0.231 e. The van der Waals surface area contributed by atoms with Crippen molar-refractivity contribution < 1.29 is 19.0 Å². The van der Waals surface area contributed by atoms with Gasteiger partial charge in [0.25, 0.3) is 0 Å². The summed E-state index contributed by atoms with van der Waals surface area (Å²) < 4.78 is 19.6. The minimum Gasteiger partial charge on any atom is -0.497 e. The first-order chi connectivity index (χ1) is 17.1. The van der Waals surface area contributed by atoms with Crippen LogP contribution >= 0.6 is 0 Å². The van der Waals surface area contributed by atoms with Gasteiger partial charge in [-0.05, 0) is 61.9 Å². The molecule has 3 aromatic carbocycles. The summed E-state index contributed by atoms with van der Waals surface area (Å²) >= 11 is 0. The molecule has 0 N–H and O–H groups in total. The van der Waals surface area contributed by atoms with E-state index in [-0.39, 0.29) is 5.78 Å². The predicted octanol–water partition coefficient (Wildman–Crippen LogP) is 6.69. The lowest BCUT2D eigenvalue weighted by molar-refractivity contribution is 0.101. The van der Waals surface area contributed by atoms with E-state index in [1.54, 1.807) is 13.2 Å². The van der Waals surface area contributed by atoms with Crippen LogP contribution in [0.15, 0.2) is 78.7 Å². The summed E-state index contributed by atoms with van der Waals surface area (Å²) in [5, 5.41) is 1.01. The van der Waals surface area contributed by atoms with Gasteiger partial charge in [-0.3, -0.25) is 4.79 Å². The average molecular weight is 466 g/mol. The molecule has 0 bridgehead atoms. The molecule has 0 unspecified atom stereocenters. The maximum absolute atomic E-state index is 13.1. The number of fused-ring (bicyclic) bond motifs is 2. The minimum absolute atomic E-state index is 0.126. The molecule has 35 heavy (non-hydrogen) atoms. The van der Waals surface area contributed by atoms with Crippen LogP contribution in [0.3, 0.4) is 0 Å². The number of ether oxygens (including phenoxy) is 3. The molecule has 5 nitrogen and oxygen atoms in total. The topological polar surface area (TPSA) is 49.7 Å². The Labute approximate surface area is 204 Å². The highest BCUT2D eigenvalue weighted by atomic mass is 16.5. The zero-order chi connectivity index (χ0) is 24.4. The Morgan fingerprint density at radius 2 is 1.89 bits per heavy atom. The predicted molar refractivity (Wildman–Crippen MR) is 139 cm³/mol. The fraction of sp³-hybridized carbons (Fsp3) is 0.167. The van der Waals surface area contributed by atoms with Crippen molar-refractivity contribution in [3.63, 3.8) is 0 Å². The van der Waals surface area contributed by atoms with Gasteiger partial charge in [0.15, 0.2) is 5.76 Å². The summed E-state index contributed by atoms with van der Waals surface area (Å²) in [4.78, 5) is 13.1. The fourth-order valence-electron chi connectivity index (χ4n) is 4.36. The summed E-state index contributed by atoms with van der Waals surface area (Å²) in [5.74, 6) is 2.21. The minimum atomic E-state index is -0.126. The van der Waals surface area contributed by atoms with Crippen LogP contribution < -0.4 is 14.2 Å². The zero-order valence-electron chi connectivity index (χ0n) is 20.1. The second kappa shape index (κ2) is 9.55. The lowest BCUT2D eigenvalue weighted by atomic mass is 10.1. The first-order valence-electron chi connectivity index (χ1n) is 11.7. The van der Waals surface area contributed by atoms with Gasteiger partial charge >= 0.3 is 0 Å². The van der Waals surface area contributed by atoms with Crippen molar-refractivity contribution in [2.24, 2.45) is 0 Å². The van der Waals surface area contributed by atoms with E-state index >= 15 is 0 Å². The summed E-state index contributed by atoms with van der Waals surface area (Å²) in [7, 11) is 1.65. The quantitative estimate of drug-likeness (QED) is 0.286. The Morgan fingerprint density at radius 1 is 1.06 bits per heavy atom. The van der Waals surface area contributed by atoms with Crippen molar-refractivity contribution in [2.45, 2.75) is 20.4 Å². The number of aromatic nitrogens is 1. The molecule has 0 saturated carbocycles. The second-order valence-electron chi connectivity index (χ2n) is 8.38. The summed E-state index contributed by atoms with van der Waals surface area (Å²) in [5.41, 5.74) is 4.48. The highest BCUT2D eigenvalue weighted by Crippen LogP contribution is 2.40. The number of methoxy groups -OCH3 is 1. The number of hydrogen-bond donors (Lipinski definition) is 0. The van der Waals surface area contributed by atoms with Crippen LogP contribution in [0, 0.1) is 6.92 Å². The lowest BCUT2D eigenvalue weighted by Crippen LogP contribution is -1.98. The molecule has 0 fully saturated rings. The van der Waals surface area contributed by atoms with E-state index in [0.717, 1.165) is 39.9 Å². The molecule has 0 saturated heterocycles. The third-order valence-electron chi connectivity index (χ3n) is 6.23. The molecule has 1 aromatic heterocycles. The number of benzene rings is 3. The van der Waals surface area contributed by atoms with Gasteiger partial charge in [0.2, 0.25) is 5.78 Å². The number of Topliss-reactive ketones (excluding diaryl/α,β-unsaturated/α-hetero) is 1. The fourth-order valence-corrected chi connectivity index (χ4v) is 4.36. The van der Waals surface area contributed by atoms with Crippen LogP contribution in [0.5, 0.6) is 17.2 Å². The van der Waals surface area contributed by atoms with Crippen LogP contribution in [0.25, 0.3) is 23.1 Å². The molecule has 0 aliphatic carbocycles. The molecule has 5 heteroatoms. The molecule has 0 amide bonds. The second-order valence-corrected chi connectivity index (χ2v) is 8.38. The third-order valence-corrected chi connectivity index (χ3v) is 6.23. The average Bonchev–Trinajstić information content (AvgIpc) is 3.40. The SMILES string of the molecule is CCn1cc(C=C2Oc3c(ccc(OCC=Cc4ccccc4)c3C)C2=O)c2cc(OC)ccc21. The number of ketones is 1. The van der Waals surface area contributed by atoms with Crippen LogP contribution in [-0.2, 0) is 6.54 Å². The summed E-state index contributed by atoms with van der Waals surface area (Å²) in [6.07, 6.45) is 7.85. The number of aryl methyl sites for hydroxylation is 1. The van der Waals surface area contributed by atoms with Gasteiger partial charge in [-0.2, -0.15) is 0 Å². The van der Waals surface area contributed by atoms with Crippen molar-refractivity contribution in [2.75, 3.05) is 13.7 Å². The Balaban J connectivity index is 1.40. The van der Waals surface area contributed by atoms with Gasteiger partial charge in [0, 0.05) is 34.8 Å². The Hall–Kier alpha value is -4.25. The number of rotatable bonds is 7. The molecule has 0 atom stereocenters. The van der Waals surface area contributed by atoms with Crippen LogP contribution in [0.1, 0.15) is 34.0 Å². The Kier molecular flexibility index (Phi) is 6.15. The molecular weight excluding hydrogens is 438 g/mol. The molecule has 0 spiro atoms. The van der Waals surface area contributed by atoms with Crippen LogP contribution in [0.2, 0.25) is 0 Å². The normalized spacial score (nSPS) is 14.0. The Morgan fingerprint density at radius 3 is 2.66 bits per heavy atom. The third kappa shape index (κ3) is 4.33. The standard InChI is InChI=1S/C30H27NO4/c1-4-31-19-22(25-18-23(33-3)12-14-26(25)31)17-28-29(32)24-13-15-27(20(2)30(24)35-28)34-16-8-11-21-9-6-5-7-10-21/h5-15,17-19H,4,16H2,1-3H3. The van der Waals surface area contributed by atoms with Crippen LogP contribution in [-0.4, -0.2) is 24.1 Å². The van der Waals surface area contributed by atoms with E-state index in [1.165, 1.54) is 0 Å². The van der Waals surface area contributed by atoms with E-state index in [9.17, 15) is 4.79 Å². The highest BCUT2D eigenvalue weighted by Gasteiger charge is 2.30. The molecule has 1 aliphatic rings. The molecule has 4 aromatic rings. The first-order valence-corrected chi connectivity index (χ1v) is 11.7. The number of hydrogen-bond acceptors (Lipinski definition) is 4. The van der Waals surface area contributed by atoms with E-state index in [0.29, 0.717) is 29.4 Å². The van der Waals surface area contributed by atoms with Gasteiger partial charge in [-0.1, -0.05) is 36.4 Å². The van der Waals surface area contributed by atoms with Crippen molar-refractivity contribution in [3.8, 4) is 17.2 Å². The first kappa shape index (κ1) is 22.5. The van der Waals surface area contributed by atoms with E-state index < -0.39 is 0 Å². The van der Waals surface area contributed by atoms with Crippen molar-refractivity contribution in [1.82, 2.24) is 4.57 Å². The maximum atomic E-state index is 13.1. The molecular formula is C30H27NO4. The van der Waals surface area contributed by atoms with Crippen molar-refractivity contribution in [3.05, 3.63) is 101 Å². The monoisotopic (exact) mass is 465 g/mol. The summed E-state index contributed by atoms with van der Waals surface area (Å²) in [6.45, 7) is 5.25. The molecule has 5 rings (SSSR count). The number of allylic oxidation sites excluding steroid dienone is 1. The van der Waals surface area contributed by atoms with E-state index in [1.807, 2.05) is 85.9 Å². The number of carbonyl (C=O) groups is 1. The molecule has 176 valence electrons. The highest BCUT2D eigenvalue weighted by molar-refractivity contribution is 6.15. The largest absolute Gasteiger partial charge is 0.497 e. The van der Waals surface area contributed by atoms with E-state index in [4.69, 9.17) is 14.2 Å². The van der Waals surface area contributed by atoms with Crippen molar-refractivity contribution in [1.29, 1.82) is 0 Å². The lowest BCUT2D eigenvalue weighted by Gasteiger charge is -2.10. The van der Waals surface area contributed by atoms with Gasteiger partial charge in [0.1, 0.15) is 23.9 Å². The summed E-state index contributed by atoms with van der Waals surface area (Å²) in [6, 6.07) is 19.6. The molecule has 2 heterocycles. The Bertz CT molecular complexity index is 1460. The number of nitrogens with zero attached hydrogens (tertiary/aromatic N) is 1. The molecule has 1 aliphatic heterocycles. The van der Waals surface area contributed by atoms with Gasteiger partial charge in [-0.15, -0.1) is 0 Å². The number of carbonyl (C=O) groups excluding carboxylic acids is 1. The van der Waals surface area contributed by atoms with Gasteiger partial charge in [0.05, 0.1) is 12.7 Å². The van der Waals surface area contributed by atoms with E-state index in [2.05, 4.69) is 11.5 Å². The van der Waals surface area contributed by atoms with Gasteiger partial charge < -0.3 is 18.8 Å². The van der Waals surface area contributed by atoms with Gasteiger partial charge in [-0.25, -0.2) is 0 Å². The van der Waals surface area contributed by atoms with Crippen LogP contribution in [0.4, 0.5) is 0 Å². The zero-order valence-corrected chi connectivity index (χ0v) is 20.1. The maximum Gasteiger partial charge on any atom is 0.231 e. The van der Waals surface area contributed by atoms with Crippen molar-refractivity contribution >= 4 is 28.8 Å². The molecule has 0 radical (unpaired) electrons.